The van der Waals surface area contributed by atoms with Gasteiger partial charge in [-0.25, -0.2) is 4.39 Å². The van der Waals surface area contributed by atoms with Crippen molar-refractivity contribution in [1.82, 2.24) is 5.32 Å². The third-order valence-electron chi connectivity index (χ3n) is 3.76. The van der Waals surface area contributed by atoms with Crippen LogP contribution in [0.1, 0.15) is 42.7 Å². The Kier molecular flexibility index (Phi) is 3.59. The van der Waals surface area contributed by atoms with E-state index in [0.29, 0.717) is 12.0 Å². The van der Waals surface area contributed by atoms with Crippen LogP contribution in [0.25, 0.3) is 0 Å². The fraction of sp³-hybridized carbons (Fsp3) is 0.571. The van der Waals surface area contributed by atoms with Gasteiger partial charge < -0.3 is 5.32 Å². The highest BCUT2D eigenvalue weighted by Crippen LogP contribution is 2.34. The molecular formula is C14H20FN. The van der Waals surface area contributed by atoms with E-state index in [2.05, 4.69) is 12.2 Å². The van der Waals surface area contributed by atoms with Crippen LogP contribution in [0.2, 0.25) is 0 Å². The van der Waals surface area contributed by atoms with E-state index in [9.17, 15) is 4.39 Å². The van der Waals surface area contributed by atoms with E-state index in [1.54, 1.807) is 12.1 Å². The molecule has 2 heteroatoms. The van der Waals surface area contributed by atoms with Gasteiger partial charge in [0.25, 0.3) is 0 Å². The van der Waals surface area contributed by atoms with Crippen LogP contribution in [0.3, 0.4) is 0 Å². The van der Waals surface area contributed by atoms with Crippen molar-refractivity contribution < 1.29 is 4.39 Å². The van der Waals surface area contributed by atoms with Crippen molar-refractivity contribution >= 4 is 0 Å². The van der Waals surface area contributed by atoms with Gasteiger partial charge >= 0.3 is 0 Å². The molecule has 0 aliphatic heterocycles. The second-order valence-corrected chi connectivity index (χ2v) is 4.85. The lowest BCUT2D eigenvalue weighted by molar-refractivity contribution is 0.354. The van der Waals surface area contributed by atoms with Crippen molar-refractivity contribution in [2.75, 3.05) is 7.05 Å². The summed E-state index contributed by atoms with van der Waals surface area (Å²) in [5.41, 5.74) is 2.43. The molecule has 1 aliphatic rings. The minimum absolute atomic E-state index is 0.104. The Morgan fingerprint density at radius 1 is 1.31 bits per heavy atom. The molecule has 1 N–H and O–H groups in total. The molecule has 1 aliphatic carbocycles. The summed E-state index contributed by atoms with van der Waals surface area (Å²) in [6, 6.07) is 5.77. The first-order chi connectivity index (χ1) is 7.70. The monoisotopic (exact) mass is 221 g/mol. The first-order valence-corrected chi connectivity index (χ1v) is 6.14. The normalized spacial score (nSPS) is 25.7. The van der Waals surface area contributed by atoms with Crippen molar-refractivity contribution in [1.29, 1.82) is 0 Å². The molecule has 0 bridgehead atoms. The number of nitrogens with one attached hydrogen (secondary N) is 1. The zero-order chi connectivity index (χ0) is 11.5. The van der Waals surface area contributed by atoms with Crippen LogP contribution in [-0.2, 0) is 0 Å². The van der Waals surface area contributed by atoms with Gasteiger partial charge in [0.05, 0.1) is 0 Å². The van der Waals surface area contributed by atoms with Gasteiger partial charge in [-0.1, -0.05) is 12.5 Å². The molecule has 0 spiro atoms. The Morgan fingerprint density at radius 3 is 2.88 bits per heavy atom. The highest BCUT2D eigenvalue weighted by atomic mass is 19.1. The molecule has 2 unspecified atom stereocenters. The molecule has 1 fully saturated rings. The summed E-state index contributed by atoms with van der Waals surface area (Å²) in [5.74, 6) is 0.425. The first kappa shape index (κ1) is 11.6. The van der Waals surface area contributed by atoms with Gasteiger partial charge in [-0.3, -0.25) is 0 Å². The van der Waals surface area contributed by atoms with E-state index in [-0.39, 0.29) is 5.82 Å². The molecular weight excluding hydrogens is 201 g/mol. The smallest absolute Gasteiger partial charge is 0.123 e. The van der Waals surface area contributed by atoms with Crippen molar-refractivity contribution in [3.63, 3.8) is 0 Å². The van der Waals surface area contributed by atoms with Crippen LogP contribution in [0, 0.1) is 12.7 Å². The minimum atomic E-state index is -0.104. The van der Waals surface area contributed by atoms with Gasteiger partial charge in [-0.05, 0) is 62.4 Å². The fourth-order valence-corrected chi connectivity index (χ4v) is 2.79. The first-order valence-electron chi connectivity index (χ1n) is 6.14. The maximum Gasteiger partial charge on any atom is 0.123 e. The van der Waals surface area contributed by atoms with Crippen molar-refractivity contribution in [3.8, 4) is 0 Å². The fourth-order valence-electron chi connectivity index (χ4n) is 2.79. The molecule has 88 valence electrons. The number of benzene rings is 1. The van der Waals surface area contributed by atoms with Crippen molar-refractivity contribution in [2.24, 2.45) is 0 Å². The summed E-state index contributed by atoms with van der Waals surface area (Å²) < 4.78 is 13.3. The third kappa shape index (κ3) is 2.43. The van der Waals surface area contributed by atoms with Gasteiger partial charge in [0.2, 0.25) is 0 Å². The standard InChI is InChI=1S/C14H20FN/c1-10-6-7-12(15)9-14(10)11-4-3-5-13(8-11)16-2/h6-7,9,11,13,16H,3-5,8H2,1-2H3. The largest absolute Gasteiger partial charge is 0.317 e. The van der Waals surface area contributed by atoms with Crippen LogP contribution < -0.4 is 5.32 Å². The summed E-state index contributed by atoms with van der Waals surface area (Å²) in [5, 5.41) is 3.34. The SMILES string of the molecule is CNC1CCCC(c2cc(F)ccc2C)C1. The van der Waals surface area contributed by atoms with Crippen LogP contribution in [0.4, 0.5) is 4.39 Å². The Morgan fingerprint density at radius 2 is 2.12 bits per heavy atom. The predicted molar refractivity (Wildman–Crippen MR) is 65.2 cm³/mol. The number of aryl methyl sites for hydroxylation is 1. The zero-order valence-corrected chi connectivity index (χ0v) is 10.1. The van der Waals surface area contributed by atoms with Gasteiger partial charge in [0.15, 0.2) is 0 Å². The van der Waals surface area contributed by atoms with Gasteiger partial charge in [-0.15, -0.1) is 0 Å². The molecule has 0 heterocycles. The molecule has 2 atom stereocenters. The molecule has 1 aromatic carbocycles. The highest BCUT2D eigenvalue weighted by Gasteiger charge is 2.23. The summed E-state index contributed by atoms with van der Waals surface area (Å²) in [6.07, 6.45) is 4.83. The quantitative estimate of drug-likeness (QED) is 0.807. The third-order valence-corrected chi connectivity index (χ3v) is 3.76. The van der Waals surface area contributed by atoms with Gasteiger partial charge in [-0.2, -0.15) is 0 Å². The Bertz CT molecular complexity index is 362. The summed E-state index contributed by atoms with van der Waals surface area (Å²) in [6.45, 7) is 2.08. The summed E-state index contributed by atoms with van der Waals surface area (Å²) in [7, 11) is 2.02. The maximum atomic E-state index is 13.3. The number of hydrogen-bond acceptors (Lipinski definition) is 1. The molecule has 2 rings (SSSR count). The Labute approximate surface area is 97.1 Å². The van der Waals surface area contributed by atoms with E-state index in [0.717, 1.165) is 6.42 Å². The molecule has 0 radical (unpaired) electrons. The van der Waals surface area contributed by atoms with E-state index in [1.165, 1.54) is 30.4 Å². The molecule has 16 heavy (non-hydrogen) atoms. The van der Waals surface area contributed by atoms with Crippen molar-refractivity contribution in [3.05, 3.63) is 35.1 Å². The average Bonchev–Trinajstić information content (AvgIpc) is 2.32. The summed E-state index contributed by atoms with van der Waals surface area (Å²) >= 11 is 0. The molecule has 1 saturated carbocycles. The molecule has 0 saturated heterocycles. The predicted octanol–water partition coefficient (Wildman–Crippen LogP) is 3.38. The van der Waals surface area contributed by atoms with Crippen LogP contribution in [-0.4, -0.2) is 13.1 Å². The zero-order valence-electron chi connectivity index (χ0n) is 10.1. The summed E-state index contributed by atoms with van der Waals surface area (Å²) in [4.78, 5) is 0. The van der Waals surface area contributed by atoms with Crippen LogP contribution in [0.5, 0.6) is 0 Å². The van der Waals surface area contributed by atoms with E-state index >= 15 is 0 Å². The van der Waals surface area contributed by atoms with Crippen LogP contribution in [0.15, 0.2) is 18.2 Å². The lowest BCUT2D eigenvalue weighted by Crippen LogP contribution is -2.30. The number of rotatable bonds is 2. The average molecular weight is 221 g/mol. The van der Waals surface area contributed by atoms with Crippen LogP contribution >= 0.6 is 0 Å². The molecule has 0 aromatic heterocycles. The lowest BCUT2D eigenvalue weighted by Gasteiger charge is -2.30. The topological polar surface area (TPSA) is 12.0 Å². The van der Waals surface area contributed by atoms with E-state index in [1.807, 2.05) is 13.1 Å². The minimum Gasteiger partial charge on any atom is -0.317 e. The molecule has 1 aromatic rings. The highest BCUT2D eigenvalue weighted by molar-refractivity contribution is 5.30. The van der Waals surface area contributed by atoms with Gasteiger partial charge in [0.1, 0.15) is 5.82 Å². The molecule has 0 amide bonds. The number of halogens is 1. The Hall–Kier alpha value is -0.890. The molecule has 1 nitrogen and oxygen atoms in total. The van der Waals surface area contributed by atoms with Gasteiger partial charge in [0, 0.05) is 6.04 Å². The van der Waals surface area contributed by atoms with E-state index < -0.39 is 0 Å². The Balaban J connectivity index is 2.19. The second kappa shape index (κ2) is 4.96. The van der Waals surface area contributed by atoms with E-state index in [4.69, 9.17) is 0 Å². The van der Waals surface area contributed by atoms with Crippen molar-refractivity contribution in [2.45, 2.75) is 44.6 Å². The second-order valence-electron chi connectivity index (χ2n) is 4.85. The maximum absolute atomic E-state index is 13.3. The lowest BCUT2D eigenvalue weighted by atomic mass is 9.80. The number of hydrogen-bond donors (Lipinski definition) is 1.